The van der Waals surface area contributed by atoms with E-state index < -0.39 is 0 Å². The van der Waals surface area contributed by atoms with Crippen LogP contribution in [0.1, 0.15) is 35.8 Å². The van der Waals surface area contributed by atoms with Crippen molar-refractivity contribution < 1.29 is 4.79 Å². The number of rotatable bonds is 2. The lowest BCUT2D eigenvalue weighted by Crippen LogP contribution is -1.97. The molecule has 0 aliphatic carbocycles. The monoisotopic (exact) mass is 201 g/mol. The molecule has 0 aliphatic heterocycles. The summed E-state index contributed by atoms with van der Waals surface area (Å²) in [7, 11) is 2.05. The lowest BCUT2D eigenvalue weighted by atomic mass is 10.1. The van der Waals surface area contributed by atoms with E-state index in [1.54, 1.807) is 0 Å². The summed E-state index contributed by atoms with van der Waals surface area (Å²) < 4.78 is 2.16. The standard InChI is InChI=1S/C13H15NO/c1-9(2)13-7-11-10(8-15)5-4-6-12(11)14(13)3/h4-9H,1-3H3. The minimum absolute atomic E-state index is 0.474. The van der Waals surface area contributed by atoms with Crippen molar-refractivity contribution in [2.24, 2.45) is 7.05 Å². The second-order valence-electron chi connectivity index (χ2n) is 4.18. The molecule has 2 heteroatoms. The molecule has 78 valence electrons. The number of benzene rings is 1. The van der Waals surface area contributed by atoms with Gasteiger partial charge >= 0.3 is 0 Å². The molecule has 2 nitrogen and oxygen atoms in total. The Kier molecular flexibility index (Phi) is 2.35. The van der Waals surface area contributed by atoms with E-state index >= 15 is 0 Å². The van der Waals surface area contributed by atoms with Gasteiger partial charge < -0.3 is 4.57 Å². The number of carbonyl (C=O) groups is 1. The minimum Gasteiger partial charge on any atom is -0.347 e. The molecule has 0 fully saturated rings. The predicted molar refractivity (Wildman–Crippen MR) is 62.4 cm³/mol. The van der Waals surface area contributed by atoms with Crippen LogP contribution < -0.4 is 0 Å². The van der Waals surface area contributed by atoms with Crippen molar-refractivity contribution in [1.29, 1.82) is 0 Å². The molecule has 0 atom stereocenters. The van der Waals surface area contributed by atoms with Gasteiger partial charge in [-0.15, -0.1) is 0 Å². The van der Waals surface area contributed by atoms with Crippen molar-refractivity contribution in [3.8, 4) is 0 Å². The molecule has 0 bridgehead atoms. The number of fused-ring (bicyclic) bond motifs is 1. The first-order valence-electron chi connectivity index (χ1n) is 5.18. The molecular weight excluding hydrogens is 186 g/mol. The van der Waals surface area contributed by atoms with Gasteiger partial charge in [-0.3, -0.25) is 4.79 Å². The molecule has 2 aromatic rings. The molecule has 0 N–H and O–H groups in total. The topological polar surface area (TPSA) is 22.0 Å². The fourth-order valence-corrected chi connectivity index (χ4v) is 2.06. The van der Waals surface area contributed by atoms with Gasteiger partial charge in [0, 0.05) is 29.2 Å². The zero-order chi connectivity index (χ0) is 11.0. The maximum Gasteiger partial charge on any atom is 0.150 e. The second-order valence-corrected chi connectivity index (χ2v) is 4.18. The Labute approximate surface area is 89.5 Å². The second kappa shape index (κ2) is 3.54. The molecule has 1 aromatic heterocycles. The van der Waals surface area contributed by atoms with Crippen molar-refractivity contribution in [2.75, 3.05) is 0 Å². The van der Waals surface area contributed by atoms with Gasteiger partial charge in [0.05, 0.1) is 0 Å². The summed E-state index contributed by atoms with van der Waals surface area (Å²) in [4.78, 5) is 10.9. The lowest BCUT2D eigenvalue weighted by Gasteiger charge is -2.06. The average molecular weight is 201 g/mol. The minimum atomic E-state index is 0.474. The zero-order valence-electron chi connectivity index (χ0n) is 9.32. The highest BCUT2D eigenvalue weighted by Crippen LogP contribution is 2.25. The van der Waals surface area contributed by atoms with Gasteiger partial charge in [-0.25, -0.2) is 0 Å². The molecule has 0 spiro atoms. The van der Waals surface area contributed by atoms with E-state index in [0.29, 0.717) is 5.92 Å². The van der Waals surface area contributed by atoms with Crippen LogP contribution >= 0.6 is 0 Å². The molecule has 0 amide bonds. The summed E-state index contributed by atoms with van der Waals surface area (Å²) in [6, 6.07) is 7.95. The highest BCUT2D eigenvalue weighted by atomic mass is 16.1. The van der Waals surface area contributed by atoms with E-state index in [0.717, 1.165) is 22.8 Å². The fraction of sp³-hybridized carbons (Fsp3) is 0.308. The van der Waals surface area contributed by atoms with Crippen LogP contribution in [-0.2, 0) is 7.05 Å². The first-order chi connectivity index (χ1) is 7.15. The number of aryl methyl sites for hydroxylation is 1. The van der Waals surface area contributed by atoms with Crippen molar-refractivity contribution in [3.05, 3.63) is 35.5 Å². The van der Waals surface area contributed by atoms with Gasteiger partial charge in [0.25, 0.3) is 0 Å². The Morgan fingerprint density at radius 1 is 1.33 bits per heavy atom. The third-order valence-electron chi connectivity index (χ3n) is 2.88. The van der Waals surface area contributed by atoms with Crippen LogP contribution in [0.5, 0.6) is 0 Å². The highest BCUT2D eigenvalue weighted by Gasteiger charge is 2.10. The molecule has 0 unspecified atom stereocenters. The van der Waals surface area contributed by atoms with Crippen molar-refractivity contribution in [1.82, 2.24) is 4.57 Å². The van der Waals surface area contributed by atoms with Gasteiger partial charge in [0.2, 0.25) is 0 Å². The molecule has 0 radical (unpaired) electrons. The molecule has 0 saturated heterocycles. The van der Waals surface area contributed by atoms with Gasteiger partial charge in [-0.2, -0.15) is 0 Å². The van der Waals surface area contributed by atoms with E-state index in [9.17, 15) is 4.79 Å². The third-order valence-corrected chi connectivity index (χ3v) is 2.88. The number of aldehydes is 1. The first kappa shape index (κ1) is 9.97. The maximum absolute atomic E-state index is 10.9. The number of aromatic nitrogens is 1. The smallest absolute Gasteiger partial charge is 0.150 e. The average Bonchev–Trinajstić information content (AvgIpc) is 2.56. The molecular formula is C13H15NO. The summed E-state index contributed by atoms with van der Waals surface area (Å²) in [5, 5.41) is 1.05. The van der Waals surface area contributed by atoms with Crippen molar-refractivity contribution in [3.63, 3.8) is 0 Å². The van der Waals surface area contributed by atoms with Gasteiger partial charge in [-0.05, 0) is 18.1 Å². The summed E-state index contributed by atoms with van der Waals surface area (Å²) in [6.07, 6.45) is 0.923. The maximum atomic E-state index is 10.9. The third kappa shape index (κ3) is 1.46. The molecule has 1 heterocycles. The summed E-state index contributed by atoms with van der Waals surface area (Å²) >= 11 is 0. The van der Waals surface area contributed by atoms with Crippen LogP contribution in [0, 0.1) is 0 Å². The Morgan fingerprint density at radius 3 is 2.67 bits per heavy atom. The van der Waals surface area contributed by atoms with Crippen LogP contribution in [0.25, 0.3) is 10.9 Å². The van der Waals surface area contributed by atoms with Gasteiger partial charge in [0.1, 0.15) is 0 Å². The van der Waals surface area contributed by atoms with E-state index in [-0.39, 0.29) is 0 Å². The van der Waals surface area contributed by atoms with Crippen molar-refractivity contribution in [2.45, 2.75) is 19.8 Å². The normalized spacial score (nSPS) is 11.2. The largest absolute Gasteiger partial charge is 0.347 e. The predicted octanol–water partition coefficient (Wildman–Crippen LogP) is 3.11. The molecule has 1 aromatic carbocycles. The van der Waals surface area contributed by atoms with E-state index in [1.165, 1.54) is 5.69 Å². The SMILES string of the molecule is CC(C)c1cc2c(C=O)cccc2n1C. The lowest BCUT2D eigenvalue weighted by molar-refractivity contribution is 0.112. The molecule has 0 saturated carbocycles. The van der Waals surface area contributed by atoms with Crippen LogP contribution in [0.3, 0.4) is 0 Å². The summed E-state index contributed by atoms with van der Waals surface area (Å²) in [5.74, 6) is 0.474. The van der Waals surface area contributed by atoms with Crippen molar-refractivity contribution >= 4 is 17.2 Å². The number of nitrogens with zero attached hydrogens (tertiary/aromatic N) is 1. The molecule has 15 heavy (non-hydrogen) atoms. The zero-order valence-corrected chi connectivity index (χ0v) is 9.32. The Morgan fingerprint density at radius 2 is 2.07 bits per heavy atom. The number of carbonyl (C=O) groups excluding carboxylic acids is 1. The van der Waals surface area contributed by atoms with Crippen LogP contribution in [-0.4, -0.2) is 10.9 Å². The first-order valence-corrected chi connectivity index (χ1v) is 5.18. The van der Waals surface area contributed by atoms with E-state index in [2.05, 4.69) is 24.5 Å². The van der Waals surface area contributed by atoms with Crippen LogP contribution in [0.15, 0.2) is 24.3 Å². The van der Waals surface area contributed by atoms with Crippen LogP contribution in [0.4, 0.5) is 0 Å². The summed E-state index contributed by atoms with van der Waals surface area (Å²) in [5.41, 5.74) is 3.16. The number of hydrogen-bond donors (Lipinski definition) is 0. The quantitative estimate of drug-likeness (QED) is 0.684. The van der Waals surface area contributed by atoms with Crippen LogP contribution in [0.2, 0.25) is 0 Å². The van der Waals surface area contributed by atoms with E-state index in [4.69, 9.17) is 0 Å². The summed E-state index contributed by atoms with van der Waals surface area (Å²) in [6.45, 7) is 4.32. The van der Waals surface area contributed by atoms with Gasteiger partial charge in [0.15, 0.2) is 6.29 Å². The molecule has 2 rings (SSSR count). The molecule has 0 aliphatic rings. The Balaban J connectivity index is 2.81. The highest BCUT2D eigenvalue weighted by molar-refractivity contribution is 5.97. The Bertz CT molecular complexity index is 508. The number of hydrogen-bond acceptors (Lipinski definition) is 1. The Hall–Kier alpha value is -1.57. The van der Waals surface area contributed by atoms with E-state index in [1.807, 2.05) is 25.2 Å². The van der Waals surface area contributed by atoms with Gasteiger partial charge in [-0.1, -0.05) is 26.0 Å². The fourth-order valence-electron chi connectivity index (χ4n) is 2.06.